The Morgan fingerprint density at radius 1 is 1.46 bits per heavy atom. The molecule has 70 valence electrons. The molecule has 0 spiro atoms. The Balaban J connectivity index is 2.63. The lowest BCUT2D eigenvalue weighted by atomic mass is 10.1. The molecule has 0 bridgehead atoms. The summed E-state index contributed by atoms with van der Waals surface area (Å²) in [5, 5.41) is 3.10. The molecular weight excluding hydrogens is 165 g/mol. The molecule has 2 heteroatoms. The first-order chi connectivity index (χ1) is 6.26. The predicted octanol–water partition coefficient (Wildman–Crippen LogP) is 2.14. The molecule has 0 fully saturated rings. The average Bonchev–Trinajstić information content (AvgIpc) is 2.17. The van der Waals surface area contributed by atoms with Crippen LogP contribution in [0.4, 0.5) is 4.39 Å². The smallest absolute Gasteiger partial charge is 0.123 e. The second-order valence-corrected chi connectivity index (χ2v) is 2.96. The molecule has 0 aliphatic rings. The second kappa shape index (κ2) is 4.77. The SMILES string of the molecule is C=CC(Cc1ccc(F)cc1)NC. The van der Waals surface area contributed by atoms with Gasteiger partial charge in [0.2, 0.25) is 0 Å². The van der Waals surface area contributed by atoms with Gasteiger partial charge in [0.1, 0.15) is 5.82 Å². The van der Waals surface area contributed by atoms with Gasteiger partial charge in [-0.3, -0.25) is 0 Å². The van der Waals surface area contributed by atoms with Crippen molar-refractivity contribution in [3.05, 3.63) is 48.3 Å². The van der Waals surface area contributed by atoms with E-state index in [9.17, 15) is 4.39 Å². The fourth-order valence-corrected chi connectivity index (χ4v) is 1.18. The maximum atomic E-state index is 12.6. The van der Waals surface area contributed by atoms with E-state index in [0.717, 1.165) is 12.0 Å². The highest BCUT2D eigenvalue weighted by atomic mass is 19.1. The fraction of sp³-hybridized carbons (Fsp3) is 0.273. The highest BCUT2D eigenvalue weighted by Crippen LogP contribution is 2.05. The number of halogens is 1. The van der Waals surface area contributed by atoms with Gasteiger partial charge in [-0.2, -0.15) is 0 Å². The molecule has 1 unspecified atom stereocenters. The lowest BCUT2D eigenvalue weighted by molar-refractivity contribution is 0.624. The minimum atomic E-state index is -0.191. The molecule has 0 heterocycles. The molecule has 13 heavy (non-hydrogen) atoms. The Bertz CT molecular complexity index is 266. The molecule has 0 saturated carbocycles. The van der Waals surface area contributed by atoms with E-state index in [1.54, 1.807) is 12.1 Å². The van der Waals surface area contributed by atoms with E-state index in [-0.39, 0.29) is 11.9 Å². The Morgan fingerprint density at radius 3 is 2.54 bits per heavy atom. The normalized spacial score (nSPS) is 12.5. The quantitative estimate of drug-likeness (QED) is 0.698. The van der Waals surface area contributed by atoms with Crippen LogP contribution in [0.25, 0.3) is 0 Å². The minimum Gasteiger partial charge on any atom is -0.313 e. The van der Waals surface area contributed by atoms with Crippen LogP contribution in [0.15, 0.2) is 36.9 Å². The molecule has 0 aromatic heterocycles. The van der Waals surface area contributed by atoms with Gasteiger partial charge in [-0.05, 0) is 31.2 Å². The van der Waals surface area contributed by atoms with E-state index >= 15 is 0 Å². The average molecular weight is 179 g/mol. The number of hydrogen-bond donors (Lipinski definition) is 1. The lowest BCUT2D eigenvalue weighted by Crippen LogP contribution is -2.24. The van der Waals surface area contributed by atoms with E-state index in [1.807, 2.05) is 13.1 Å². The van der Waals surface area contributed by atoms with Crippen molar-refractivity contribution in [1.29, 1.82) is 0 Å². The summed E-state index contributed by atoms with van der Waals surface area (Å²) in [6, 6.07) is 6.80. The molecule has 1 atom stereocenters. The Hall–Kier alpha value is -1.15. The predicted molar refractivity (Wildman–Crippen MR) is 53.1 cm³/mol. The number of nitrogens with one attached hydrogen (secondary N) is 1. The van der Waals surface area contributed by atoms with E-state index in [2.05, 4.69) is 11.9 Å². The largest absolute Gasteiger partial charge is 0.313 e. The highest BCUT2D eigenvalue weighted by Gasteiger charge is 2.01. The first-order valence-electron chi connectivity index (χ1n) is 4.30. The molecular formula is C11H14FN. The van der Waals surface area contributed by atoms with Crippen LogP contribution in [0.5, 0.6) is 0 Å². The molecule has 0 aliphatic heterocycles. The van der Waals surface area contributed by atoms with Gasteiger partial charge in [0.25, 0.3) is 0 Å². The highest BCUT2D eigenvalue weighted by molar-refractivity contribution is 5.18. The van der Waals surface area contributed by atoms with Gasteiger partial charge in [0, 0.05) is 6.04 Å². The maximum Gasteiger partial charge on any atom is 0.123 e. The van der Waals surface area contributed by atoms with Crippen LogP contribution in [0.3, 0.4) is 0 Å². The topological polar surface area (TPSA) is 12.0 Å². The molecule has 0 amide bonds. The standard InChI is InChI=1S/C11H14FN/c1-3-11(13-2)8-9-4-6-10(12)7-5-9/h3-7,11,13H,1,8H2,2H3. The maximum absolute atomic E-state index is 12.6. The van der Waals surface area contributed by atoms with Crippen LogP contribution in [-0.4, -0.2) is 13.1 Å². The van der Waals surface area contributed by atoms with Crippen molar-refractivity contribution < 1.29 is 4.39 Å². The van der Waals surface area contributed by atoms with Gasteiger partial charge in [0.15, 0.2) is 0 Å². The van der Waals surface area contributed by atoms with Gasteiger partial charge >= 0.3 is 0 Å². The molecule has 1 N–H and O–H groups in total. The van der Waals surface area contributed by atoms with E-state index in [4.69, 9.17) is 0 Å². The number of hydrogen-bond acceptors (Lipinski definition) is 1. The van der Waals surface area contributed by atoms with Crippen molar-refractivity contribution in [2.45, 2.75) is 12.5 Å². The van der Waals surface area contributed by atoms with Crippen LogP contribution in [0.1, 0.15) is 5.56 Å². The third-order valence-corrected chi connectivity index (χ3v) is 2.02. The molecule has 1 aromatic rings. The van der Waals surface area contributed by atoms with Gasteiger partial charge in [0.05, 0.1) is 0 Å². The monoisotopic (exact) mass is 179 g/mol. The Labute approximate surface area is 78.3 Å². The molecule has 0 saturated heterocycles. The van der Waals surface area contributed by atoms with E-state index in [0.29, 0.717) is 0 Å². The van der Waals surface area contributed by atoms with Crippen molar-refractivity contribution in [3.8, 4) is 0 Å². The van der Waals surface area contributed by atoms with Crippen LogP contribution >= 0.6 is 0 Å². The first kappa shape index (κ1) is 9.93. The number of likely N-dealkylation sites (N-methyl/N-ethyl adjacent to an activating group) is 1. The number of rotatable bonds is 4. The number of benzene rings is 1. The van der Waals surface area contributed by atoms with Gasteiger partial charge in [-0.15, -0.1) is 6.58 Å². The summed E-state index contributed by atoms with van der Waals surface area (Å²) in [5.74, 6) is -0.191. The van der Waals surface area contributed by atoms with Crippen molar-refractivity contribution in [1.82, 2.24) is 5.32 Å². The summed E-state index contributed by atoms with van der Waals surface area (Å²) < 4.78 is 12.6. The minimum absolute atomic E-state index is 0.191. The van der Waals surface area contributed by atoms with Crippen LogP contribution < -0.4 is 5.32 Å². The summed E-state index contributed by atoms with van der Waals surface area (Å²) >= 11 is 0. The first-order valence-corrected chi connectivity index (χ1v) is 4.30. The van der Waals surface area contributed by atoms with Gasteiger partial charge in [-0.1, -0.05) is 18.2 Å². The van der Waals surface area contributed by atoms with Crippen molar-refractivity contribution in [3.63, 3.8) is 0 Å². The van der Waals surface area contributed by atoms with Crippen LogP contribution in [0.2, 0.25) is 0 Å². The third kappa shape index (κ3) is 2.99. The van der Waals surface area contributed by atoms with Crippen molar-refractivity contribution in [2.75, 3.05) is 7.05 Å². The Kier molecular flexibility index (Phi) is 3.65. The molecule has 0 aliphatic carbocycles. The zero-order chi connectivity index (χ0) is 9.68. The molecule has 1 rings (SSSR count). The molecule has 1 aromatic carbocycles. The second-order valence-electron chi connectivity index (χ2n) is 2.96. The van der Waals surface area contributed by atoms with Crippen LogP contribution in [-0.2, 0) is 6.42 Å². The van der Waals surface area contributed by atoms with Crippen LogP contribution in [0, 0.1) is 5.82 Å². The Morgan fingerprint density at radius 2 is 2.08 bits per heavy atom. The summed E-state index contributed by atoms with van der Waals surface area (Å²) in [5.41, 5.74) is 1.11. The third-order valence-electron chi connectivity index (χ3n) is 2.02. The van der Waals surface area contributed by atoms with Gasteiger partial charge < -0.3 is 5.32 Å². The fourth-order valence-electron chi connectivity index (χ4n) is 1.18. The summed E-state index contributed by atoms with van der Waals surface area (Å²) in [6.45, 7) is 3.71. The van der Waals surface area contributed by atoms with Crippen molar-refractivity contribution >= 4 is 0 Å². The van der Waals surface area contributed by atoms with E-state index in [1.165, 1.54) is 12.1 Å². The van der Waals surface area contributed by atoms with Gasteiger partial charge in [-0.25, -0.2) is 4.39 Å². The summed E-state index contributed by atoms with van der Waals surface area (Å²) in [7, 11) is 1.88. The molecule has 0 radical (unpaired) electrons. The zero-order valence-electron chi connectivity index (χ0n) is 7.76. The summed E-state index contributed by atoms with van der Waals surface area (Å²) in [6.07, 6.45) is 2.70. The van der Waals surface area contributed by atoms with E-state index < -0.39 is 0 Å². The summed E-state index contributed by atoms with van der Waals surface area (Å²) in [4.78, 5) is 0. The lowest BCUT2D eigenvalue weighted by Gasteiger charge is -2.10. The van der Waals surface area contributed by atoms with Crippen molar-refractivity contribution in [2.24, 2.45) is 0 Å². The zero-order valence-corrected chi connectivity index (χ0v) is 7.76. The molecule has 1 nitrogen and oxygen atoms in total.